The van der Waals surface area contributed by atoms with Crippen molar-refractivity contribution in [3.05, 3.63) is 12.7 Å². The minimum atomic E-state index is -1.08. The molecule has 0 aliphatic heterocycles. The molecule has 0 saturated carbocycles. The molecule has 0 bridgehead atoms. The van der Waals surface area contributed by atoms with E-state index in [1.54, 1.807) is 0 Å². The summed E-state index contributed by atoms with van der Waals surface area (Å²) in [7, 11) is 6.42. The molecule has 0 aromatic rings. The average molecular weight is 159 g/mol. The van der Waals surface area contributed by atoms with Crippen molar-refractivity contribution in [2.75, 3.05) is 27.7 Å². The number of carboxylic acid groups (broad SMARTS) is 1. The first kappa shape index (κ1) is 12.8. The van der Waals surface area contributed by atoms with E-state index in [2.05, 4.69) is 27.7 Å². The van der Waals surface area contributed by atoms with Crippen molar-refractivity contribution in [1.29, 1.82) is 0 Å². The van der Waals surface area contributed by atoms with Crippen molar-refractivity contribution in [1.82, 2.24) is 0 Å². The van der Waals surface area contributed by atoms with E-state index < -0.39 is 5.97 Å². The average Bonchev–Trinajstić information content (AvgIpc) is 1.58. The van der Waals surface area contributed by atoms with Crippen molar-refractivity contribution in [3.8, 4) is 0 Å². The highest BCUT2D eigenvalue weighted by Gasteiger charge is 1.99. The van der Waals surface area contributed by atoms with E-state index in [1.807, 2.05) is 6.08 Å². The summed E-state index contributed by atoms with van der Waals surface area (Å²) in [5.74, 6) is -1.08. The van der Waals surface area contributed by atoms with E-state index in [4.69, 9.17) is 9.90 Å². The highest BCUT2D eigenvalue weighted by Crippen LogP contribution is 1.86. The van der Waals surface area contributed by atoms with Crippen LogP contribution in [0.4, 0.5) is 0 Å². The molecular weight excluding hydrogens is 142 g/mol. The Balaban J connectivity index is 0. The predicted octanol–water partition coefficient (Wildman–Crippen LogP) is -0.365. The van der Waals surface area contributed by atoms with Gasteiger partial charge in [-0.25, -0.2) is 0 Å². The molecule has 0 spiro atoms. The van der Waals surface area contributed by atoms with Crippen molar-refractivity contribution in [3.63, 3.8) is 0 Å². The Morgan fingerprint density at radius 3 is 1.82 bits per heavy atom. The van der Waals surface area contributed by atoms with Crippen LogP contribution < -0.4 is 5.11 Å². The van der Waals surface area contributed by atoms with Gasteiger partial charge < -0.3 is 14.4 Å². The molecule has 0 saturated heterocycles. The lowest BCUT2D eigenvalue weighted by atomic mass is 10.5. The number of quaternary nitrogens is 1. The topological polar surface area (TPSA) is 40.1 Å². The van der Waals surface area contributed by atoms with E-state index in [9.17, 15) is 0 Å². The van der Waals surface area contributed by atoms with Gasteiger partial charge in [0.2, 0.25) is 0 Å². The summed E-state index contributed by atoms with van der Waals surface area (Å²) >= 11 is 0. The fourth-order valence-corrected chi connectivity index (χ4v) is 0.387. The molecule has 66 valence electrons. The number of rotatable bonds is 2. The first-order chi connectivity index (χ1) is 4.79. The normalized spacial score (nSPS) is 9.45. The number of carbonyl (C=O) groups is 1. The Labute approximate surface area is 68.5 Å². The minimum absolute atomic E-state index is 0.972. The maximum absolute atomic E-state index is 8.89. The zero-order chi connectivity index (χ0) is 9.49. The van der Waals surface area contributed by atoms with E-state index in [-0.39, 0.29) is 0 Å². The standard InChI is InChI=1S/C6H14N.C2H4O2/c1-5-6-7(2,3)4;1-2(3)4/h5H,1,6H2,2-4H3;1H3,(H,3,4)/q+1;/p-1. The molecule has 0 N–H and O–H groups in total. The molecule has 0 aromatic heterocycles. The molecule has 0 aliphatic rings. The molecular formula is C8H17NO2. The number of carboxylic acids is 1. The second-order valence-electron chi connectivity index (χ2n) is 3.25. The zero-order valence-corrected chi connectivity index (χ0v) is 7.76. The van der Waals surface area contributed by atoms with Gasteiger partial charge in [-0.3, -0.25) is 0 Å². The van der Waals surface area contributed by atoms with Gasteiger partial charge in [0.15, 0.2) is 0 Å². The fraction of sp³-hybridized carbons (Fsp3) is 0.625. The third-order valence-electron chi connectivity index (χ3n) is 0.677. The summed E-state index contributed by atoms with van der Waals surface area (Å²) in [4.78, 5) is 8.89. The Bertz CT molecular complexity index is 121. The molecule has 0 heterocycles. The van der Waals surface area contributed by atoms with E-state index >= 15 is 0 Å². The maximum Gasteiger partial charge on any atom is 0.0964 e. The summed E-state index contributed by atoms with van der Waals surface area (Å²) in [6.45, 7) is 5.64. The lowest BCUT2D eigenvalue weighted by Crippen LogP contribution is -2.33. The summed E-state index contributed by atoms with van der Waals surface area (Å²) in [6, 6.07) is 0. The number of nitrogens with zero attached hydrogens (tertiary/aromatic N) is 1. The van der Waals surface area contributed by atoms with Crippen molar-refractivity contribution in [2.24, 2.45) is 0 Å². The van der Waals surface area contributed by atoms with Gasteiger partial charge in [-0.1, -0.05) is 6.58 Å². The molecule has 0 radical (unpaired) electrons. The molecule has 0 rings (SSSR count). The van der Waals surface area contributed by atoms with E-state index in [0.717, 1.165) is 18.0 Å². The number of hydrogen-bond donors (Lipinski definition) is 0. The van der Waals surface area contributed by atoms with Crippen LogP contribution in [0.15, 0.2) is 12.7 Å². The Morgan fingerprint density at radius 1 is 1.55 bits per heavy atom. The number of carbonyl (C=O) groups excluding carboxylic acids is 1. The highest BCUT2D eigenvalue weighted by atomic mass is 16.4. The van der Waals surface area contributed by atoms with Crippen LogP contribution in [0.1, 0.15) is 6.92 Å². The number of aliphatic carboxylic acids is 1. The molecule has 0 aromatic carbocycles. The summed E-state index contributed by atoms with van der Waals surface area (Å²) in [6.07, 6.45) is 1.93. The molecule has 11 heavy (non-hydrogen) atoms. The van der Waals surface area contributed by atoms with Crippen molar-refractivity contribution < 1.29 is 14.4 Å². The fourth-order valence-electron chi connectivity index (χ4n) is 0.387. The van der Waals surface area contributed by atoms with Gasteiger partial charge in [0.05, 0.1) is 27.7 Å². The van der Waals surface area contributed by atoms with Crippen molar-refractivity contribution in [2.45, 2.75) is 6.92 Å². The number of hydrogen-bond acceptors (Lipinski definition) is 2. The molecule has 3 heteroatoms. The van der Waals surface area contributed by atoms with Gasteiger partial charge >= 0.3 is 0 Å². The van der Waals surface area contributed by atoms with Gasteiger partial charge in [-0.15, -0.1) is 0 Å². The van der Waals surface area contributed by atoms with Crippen LogP contribution >= 0.6 is 0 Å². The van der Waals surface area contributed by atoms with Gasteiger partial charge in [0.1, 0.15) is 0 Å². The monoisotopic (exact) mass is 159 g/mol. The Morgan fingerprint density at radius 2 is 1.82 bits per heavy atom. The molecule has 0 fully saturated rings. The van der Waals surface area contributed by atoms with E-state index in [1.165, 1.54) is 0 Å². The van der Waals surface area contributed by atoms with Crippen LogP contribution in [0.25, 0.3) is 0 Å². The molecule has 0 aliphatic carbocycles. The first-order valence-electron chi connectivity index (χ1n) is 3.38. The lowest BCUT2D eigenvalue weighted by Gasteiger charge is -2.21. The third-order valence-corrected chi connectivity index (χ3v) is 0.677. The van der Waals surface area contributed by atoms with Crippen LogP contribution in [0, 0.1) is 0 Å². The van der Waals surface area contributed by atoms with Gasteiger partial charge in [-0.05, 0) is 13.0 Å². The summed E-state index contributed by atoms with van der Waals surface area (Å²) < 4.78 is 0.976. The smallest absolute Gasteiger partial charge is 0.0964 e. The quantitative estimate of drug-likeness (QED) is 0.407. The lowest BCUT2D eigenvalue weighted by molar-refractivity contribution is -0.864. The summed E-state index contributed by atoms with van der Waals surface area (Å²) in [5.41, 5.74) is 0. The van der Waals surface area contributed by atoms with E-state index in [0.29, 0.717) is 0 Å². The van der Waals surface area contributed by atoms with Crippen LogP contribution in [0.3, 0.4) is 0 Å². The predicted molar refractivity (Wildman–Crippen MR) is 43.8 cm³/mol. The molecule has 0 unspecified atom stereocenters. The SMILES string of the molecule is C=CC[N+](C)(C)C.CC(=O)[O-]. The second kappa shape index (κ2) is 5.92. The first-order valence-corrected chi connectivity index (χ1v) is 3.38. The Hall–Kier alpha value is -0.830. The maximum atomic E-state index is 8.89. The largest absolute Gasteiger partial charge is 0.550 e. The van der Waals surface area contributed by atoms with Crippen molar-refractivity contribution >= 4 is 5.97 Å². The Kier molecular flexibility index (Phi) is 6.89. The van der Waals surface area contributed by atoms with Gasteiger partial charge in [0, 0.05) is 5.97 Å². The molecule has 0 atom stereocenters. The van der Waals surface area contributed by atoms with Crippen LogP contribution in [0.5, 0.6) is 0 Å². The van der Waals surface area contributed by atoms with Gasteiger partial charge in [0.25, 0.3) is 0 Å². The third kappa shape index (κ3) is 46.9. The number of likely N-dealkylation sites (N-methyl/N-ethyl adjacent to an activating group) is 1. The molecule has 0 amide bonds. The van der Waals surface area contributed by atoms with Gasteiger partial charge in [-0.2, -0.15) is 0 Å². The summed E-state index contributed by atoms with van der Waals surface area (Å²) in [5, 5.41) is 8.89. The zero-order valence-electron chi connectivity index (χ0n) is 7.76. The minimum Gasteiger partial charge on any atom is -0.550 e. The highest BCUT2D eigenvalue weighted by molar-refractivity contribution is 5.60. The van der Waals surface area contributed by atoms with Crippen LogP contribution in [-0.4, -0.2) is 38.1 Å². The van der Waals surface area contributed by atoms with Crippen LogP contribution in [0.2, 0.25) is 0 Å². The second-order valence-corrected chi connectivity index (χ2v) is 3.25. The molecule has 3 nitrogen and oxygen atoms in total. The van der Waals surface area contributed by atoms with Crippen LogP contribution in [-0.2, 0) is 4.79 Å².